The van der Waals surface area contributed by atoms with Crippen LogP contribution in [0.2, 0.25) is 0 Å². The van der Waals surface area contributed by atoms with Gasteiger partial charge in [0.15, 0.2) is 0 Å². The van der Waals surface area contributed by atoms with Crippen LogP contribution < -0.4 is 16.4 Å². The Morgan fingerprint density at radius 2 is 2.10 bits per heavy atom. The number of nitrogens with one attached hydrogen (secondary N) is 2. The lowest BCUT2D eigenvalue weighted by molar-refractivity contribution is 0.231. The molecule has 0 rings (SSSR count). The number of carbonyl (C=O) groups excluding carboxylic acids is 1. The van der Waals surface area contributed by atoms with Gasteiger partial charge in [-0.05, 0) is 20.8 Å². The number of rotatable bonds is 2. The van der Waals surface area contributed by atoms with Crippen LogP contribution in [0, 0.1) is 0 Å². The zero-order valence-corrected chi connectivity index (χ0v) is 6.69. The Morgan fingerprint density at radius 1 is 1.60 bits per heavy atom. The van der Waals surface area contributed by atoms with Gasteiger partial charge in [0.2, 0.25) is 0 Å². The quantitative estimate of drug-likeness (QED) is 0.479. The van der Waals surface area contributed by atoms with Crippen LogP contribution >= 0.6 is 0 Å². The summed E-state index contributed by atoms with van der Waals surface area (Å²) in [5.41, 5.74) is 4.86. The Kier molecular flexibility index (Phi) is 3.15. The summed E-state index contributed by atoms with van der Waals surface area (Å²) in [6.07, 6.45) is 0. The maximum absolute atomic E-state index is 10.8. The van der Waals surface area contributed by atoms with E-state index in [1.807, 2.05) is 6.92 Å². The van der Waals surface area contributed by atoms with Crippen molar-refractivity contribution in [1.29, 1.82) is 0 Å². The Bertz CT molecular complexity index is 117. The molecule has 0 fully saturated rings. The van der Waals surface area contributed by atoms with E-state index in [9.17, 15) is 4.79 Å². The van der Waals surface area contributed by atoms with Gasteiger partial charge in [0.05, 0.1) is 5.66 Å². The molecule has 0 bridgehead atoms. The van der Waals surface area contributed by atoms with Gasteiger partial charge in [-0.1, -0.05) is 0 Å². The van der Waals surface area contributed by atoms with Crippen LogP contribution in [-0.2, 0) is 0 Å². The second kappa shape index (κ2) is 3.41. The maximum Gasteiger partial charge on any atom is 0.316 e. The first-order chi connectivity index (χ1) is 4.45. The van der Waals surface area contributed by atoms with Gasteiger partial charge in [0.25, 0.3) is 0 Å². The van der Waals surface area contributed by atoms with Crippen LogP contribution in [0.3, 0.4) is 0 Å². The van der Waals surface area contributed by atoms with E-state index in [2.05, 4.69) is 10.6 Å². The van der Waals surface area contributed by atoms with Gasteiger partial charge in [0, 0.05) is 6.54 Å². The van der Waals surface area contributed by atoms with E-state index in [0.717, 1.165) is 0 Å². The molecule has 10 heavy (non-hydrogen) atoms. The number of hydrogen-bond donors (Lipinski definition) is 3. The monoisotopic (exact) mass is 145 g/mol. The topological polar surface area (TPSA) is 67.2 Å². The molecule has 0 aromatic heterocycles. The lowest BCUT2D eigenvalue weighted by atomic mass is 10.3. The van der Waals surface area contributed by atoms with E-state index >= 15 is 0 Å². The highest BCUT2D eigenvalue weighted by atomic mass is 16.2. The molecule has 0 unspecified atom stereocenters. The number of nitrogens with two attached hydrogens (primary N) is 1. The molecule has 0 heterocycles. The molecule has 4 N–H and O–H groups in total. The molecule has 0 spiro atoms. The van der Waals surface area contributed by atoms with Crippen molar-refractivity contribution in [2.75, 3.05) is 6.54 Å². The van der Waals surface area contributed by atoms with Crippen molar-refractivity contribution in [3.8, 4) is 0 Å². The zero-order chi connectivity index (χ0) is 8.20. The normalized spacial score (nSPS) is 10.8. The minimum absolute atomic E-state index is 0.227. The maximum atomic E-state index is 10.8. The molecule has 0 aromatic carbocycles. The summed E-state index contributed by atoms with van der Waals surface area (Å²) in [7, 11) is 0. The predicted octanol–water partition coefficient (Wildman–Crippen LogP) is 0.000300. The molecule has 0 saturated carbocycles. The Hall–Kier alpha value is -0.770. The fraction of sp³-hybridized carbons (Fsp3) is 0.833. The molecule has 0 saturated heterocycles. The molecular weight excluding hydrogens is 130 g/mol. The SMILES string of the molecule is CCNC(=O)NC(C)(C)N. The third-order valence-electron chi connectivity index (χ3n) is 0.773. The summed E-state index contributed by atoms with van der Waals surface area (Å²) in [6, 6.07) is -0.227. The van der Waals surface area contributed by atoms with Crippen molar-refractivity contribution in [2.45, 2.75) is 26.4 Å². The van der Waals surface area contributed by atoms with Crippen LogP contribution in [-0.4, -0.2) is 18.2 Å². The predicted molar refractivity (Wildman–Crippen MR) is 40.5 cm³/mol. The van der Waals surface area contributed by atoms with Crippen molar-refractivity contribution < 1.29 is 4.79 Å². The van der Waals surface area contributed by atoms with Crippen molar-refractivity contribution in [3.63, 3.8) is 0 Å². The smallest absolute Gasteiger partial charge is 0.316 e. The Labute approximate surface area is 61.2 Å². The van der Waals surface area contributed by atoms with Crippen molar-refractivity contribution in [1.82, 2.24) is 10.6 Å². The lowest BCUT2D eigenvalue weighted by Gasteiger charge is -2.20. The molecule has 60 valence electrons. The van der Waals surface area contributed by atoms with Crippen molar-refractivity contribution in [3.05, 3.63) is 0 Å². The number of hydrogen-bond acceptors (Lipinski definition) is 2. The Balaban J connectivity index is 3.58. The fourth-order valence-corrected chi connectivity index (χ4v) is 0.497. The van der Waals surface area contributed by atoms with Gasteiger partial charge in [0.1, 0.15) is 0 Å². The molecule has 2 amide bonds. The fourth-order valence-electron chi connectivity index (χ4n) is 0.497. The highest BCUT2D eigenvalue weighted by Gasteiger charge is 2.12. The van der Waals surface area contributed by atoms with Gasteiger partial charge in [-0.3, -0.25) is 0 Å². The molecular formula is C6H15N3O. The van der Waals surface area contributed by atoms with Crippen LogP contribution in [0.1, 0.15) is 20.8 Å². The first-order valence-corrected chi connectivity index (χ1v) is 3.30. The average Bonchev–Trinajstić information content (AvgIpc) is 1.59. The minimum Gasteiger partial charge on any atom is -0.338 e. The van der Waals surface area contributed by atoms with E-state index in [0.29, 0.717) is 6.54 Å². The molecule has 4 heteroatoms. The molecule has 0 radical (unpaired) electrons. The third kappa shape index (κ3) is 5.37. The number of urea groups is 1. The van der Waals surface area contributed by atoms with Crippen molar-refractivity contribution in [2.24, 2.45) is 5.73 Å². The van der Waals surface area contributed by atoms with E-state index in [4.69, 9.17) is 5.73 Å². The van der Waals surface area contributed by atoms with Crippen LogP contribution in [0.25, 0.3) is 0 Å². The van der Waals surface area contributed by atoms with E-state index in [1.165, 1.54) is 0 Å². The van der Waals surface area contributed by atoms with Gasteiger partial charge in [-0.2, -0.15) is 0 Å². The highest BCUT2D eigenvalue weighted by molar-refractivity contribution is 5.74. The first-order valence-electron chi connectivity index (χ1n) is 3.30. The summed E-state index contributed by atoms with van der Waals surface area (Å²) < 4.78 is 0. The zero-order valence-electron chi connectivity index (χ0n) is 6.69. The van der Waals surface area contributed by atoms with Gasteiger partial charge < -0.3 is 16.4 Å². The largest absolute Gasteiger partial charge is 0.338 e. The molecule has 0 aliphatic heterocycles. The number of carbonyl (C=O) groups is 1. The summed E-state index contributed by atoms with van der Waals surface area (Å²) in [5, 5.41) is 5.12. The van der Waals surface area contributed by atoms with E-state index in [1.54, 1.807) is 13.8 Å². The number of amides is 2. The van der Waals surface area contributed by atoms with E-state index < -0.39 is 5.66 Å². The standard InChI is InChI=1S/C6H15N3O/c1-4-8-5(10)9-6(2,3)7/h4,7H2,1-3H3,(H2,8,9,10). The summed E-state index contributed by atoms with van der Waals surface area (Å²) in [6.45, 7) is 5.91. The van der Waals surface area contributed by atoms with Crippen molar-refractivity contribution >= 4 is 6.03 Å². The van der Waals surface area contributed by atoms with Gasteiger partial charge in [-0.15, -0.1) is 0 Å². The molecule has 0 aliphatic carbocycles. The molecule has 4 nitrogen and oxygen atoms in total. The van der Waals surface area contributed by atoms with Crippen LogP contribution in [0.4, 0.5) is 4.79 Å². The Morgan fingerprint density at radius 3 is 2.40 bits per heavy atom. The second-order valence-corrected chi connectivity index (χ2v) is 2.71. The van der Waals surface area contributed by atoms with Gasteiger partial charge >= 0.3 is 6.03 Å². The molecule has 0 aromatic rings. The first kappa shape index (κ1) is 9.23. The molecule has 0 aliphatic rings. The second-order valence-electron chi connectivity index (χ2n) is 2.71. The summed E-state index contributed by atoms with van der Waals surface area (Å²) >= 11 is 0. The average molecular weight is 145 g/mol. The highest BCUT2D eigenvalue weighted by Crippen LogP contribution is 1.87. The summed E-state index contributed by atoms with van der Waals surface area (Å²) in [5.74, 6) is 0. The summed E-state index contributed by atoms with van der Waals surface area (Å²) in [4.78, 5) is 10.8. The van der Waals surface area contributed by atoms with E-state index in [-0.39, 0.29) is 6.03 Å². The lowest BCUT2D eigenvalue weighted by Crippen LogP contribution is -2.54. The molecule has 0 atom stereocenters. The minimum atomic E-state index is -0.640. The van der Waals surface area contributed by atoms with Crippen LogP contribution in [0.15, 0.2) is 0 Å². The van der Waals surface area contributed by atoms with Gasteiger partial charge in [-0.25, -0.2) is 4.79 Å². The van der Waals surface area contributed by atoms with Crippen LogP contribution in [0.5, 0.6) is 0 Å². The third-order valence-corrected chi connectivity index (χ3v) is 0.773.